The van der Waals surface area contributed by atoms with E-state index in [-0.39, 0.29) is 24.5 Å². The molecule has 3 aliphatic heterocycles. The van der Waals surface area contributed by atoms with Crippen LogP contribution < -0.4 is 0 Å². The van der Waals surface area contributed by atoms with Crippen molar-refractivity contribution < 1.29 is 24.6 Å². The molecule has 34 heavy (non-hydrogen) atoms. The van der Waals surface area contributed by atoms with E-state index in [9.17, 15) is 14.4 Å². The monoisotopic (exact) mass is 485 g/mol. The molecule has 8 heteroatoms. The zero-order chi connectivity index (χ0) is 26.1. The van der Waals surface area contributed by atoms with Gasteiger partial charge in [0.1, 0.15) is 0 Å². The number of piperidine rings is 3. The molecule has 3 rings (SSSR count). The van der Waals surface area contributed by atoms with Gasteiger partial charge in [-0.25, -0.2) is 0 Å². The molecule has 2 N–H and O–H groups in total. The van der Waals surface area contributed by atoms with Crippen LogP contribution in [0.1, 0.15) is 80.1 Å². The molecule has 3 aliphatic rings. The van der Waals surface area contributed by atoms with Crippen molar-refractivity contribution in [2.75, 3.05) is 45.9 Å². The third-order valence-corrected chi connectivity index (χ3v) is 6.49. The minimum absolute atomic E-state index is 0.178. The first-order valence-electron chi connectivity index (χ1n) is 13.2. The summed E-state index contributed by atoms with van der Waals surface area (Å²) in [5.41, 5.74) is 0. The van der Waals surface area contributed by atoms with Gasteiger partial charge in [0.05, 0.1) is 6.10 Å². The molecule has 0 aliphatic carbocycles. The summed E-state index contributed by atoms with van der Waals surface area (Å²) in [5, 5.41) is 17.7. The van der Waals surface area contributed by atoms with E-state index in [2.05, 4.69) is 13.8 Å². The zero-order valence-corrected chi connectivity index (χ0v) is 22.5. The molecule has 0 radical (unpaired) electrons. The Hall–Kier alpha value is -1.67. The summed E-state index contributed by atoms with van der Waals surface area (Å²) < 4.78 is 0. The van der Waals surface area contributed by atoms with Crippen LogP contribution in [0.15, 0.2) is 0 Å². The molecule has 3 heterocycles. The van der Waals surface area contributed by atoms with Crippen LogP contribution in [0.3, 0.4) is 0 Å². The maximum Gasteiger partial charge on any atom is 0.219 e. The topological polar surface area (TPSA) is 101 Å². The van der Waals surface area contributed by atoms with Gasteiger partial charge in [-0.1, -0.05) is 27.7 Å². The predicted octanol–water partition coefficient (Wildman–Crippen LogP) is 2.76. The number of aliphatic hydroxyl groups is 2. The molecular weight excluding hydrogens is 434 g/mol. The molecule has 0 bridgehead atoms. The Balaban J connectivity index is 0.000000467. The molecule has 3 fully saturated rings. The van der Waals surface area contributed by atoms with Crippen LogP contribution in [-0.4, -0.2) is 95.1 Å². The van der Waals surface area contributed by atoms with Crippen molar-refractivity contribution in [2.24, 2.45) is 17.8 Å². The summed E-state index contributed by atoms with van der Waals surface area (Å²) in [6, 6.07) is 0. The van der Waals surface area contributed by atoms with E-state index in [1.54, 1.807) is 18.7 Å². The Bertz CT molecular complexity index is 557. The molecule has 3 atom stereocenters. The highest BCUT2D eigenvalue weighted by Crippen LogP contribution is 2.21. The molecule has 3 amide bonds. The first-order chi connectivity index (χ1) is 16.2. The Morgan fingerprint density at radius 3 is 1.79 bits per heavy atom. The Labute approximate surface area is 207 Å². The standard InChI is InChI=1S/C9H17NO2.C9H17NO.C6H11NO2.C2H6/c1-8(12)10-5-2-9(3-6-10)4-7-11;1-7-4-8(2)6-10(5-7)9(3)11;8-5-7-3-1-2-6(9)4-7;1-2/h9,11H,2-7H2,1H3;7-8H,4-6H2,1-3H3;5-6,9H,1-4H2;1-2H3. The van der Waals surface area contributed by atoms with Crippen LogP contribution in [0.25, 0.3) is 0 Å². The average Bonchev–Trinajstić information content (AvgIpc) is 2.81. The Morgan fingerprint density at radius 2 is 1.41 bits per heavy atom. The number of aliphatic hydroxyl groups excluding tert-OH is 2. The molecule has 0 saturated carbocycles. The number of likely N-dealkylation sites (tertiary alicyclic amines) is 3. The van der Waals surface area contributed by atoms with Crippen LogP contribution in [0.2, 0.25) is 0 Å². The molecule has 0 aromatic rings. The van der Waals surface area contributed by atoms with E-state index in [0.29, 0.717) is 24.3 Å². The molecule has 3 unspecified atom stereocenters. The largest absolute Gasteiger partial charge is 0.396 e. The summed E-state index contributed by atoms with van der Waals surface area (Å²) in [6.07, 6.45) is 6.55. The summed E-state index contributed by atoms with van der Waals surface area (Å²) in [5.74, 6) is 2.40. The fraction of sp³-hybridized carbons (Fsp3) is 0.885. The molecule has 0 aromatic heterocycles. The fourth-order valence-corrected chi connectivity index (χ4v) is 4.72. The average molecular weight is 486 g/mol. The zero-order valence-electron chi connectivity index (χ0n) is 22.5. The number of amides is 3. The maximum absolute atomic E-state index is 11.0. The molecule has 8 nitrogen and oxygen atoms in total. The first kappa shape index (κ1) is 32.3. The van der Waals surface area contributed by atoms with Crippen molar-refractivity contribution in [3.05, 3.63) is 0 Å². The van der Waals surface area contributed by atoms with Gasteiger partial charge < -0.3 is 24.9 Å². The van der Waals surface area contributed by atoms with Gasteiger partial charge in [0.2, 0.25) is 18.2 Å². The minimum atomic E-state index is -0.288. The lowest BCUT2D eigenvalue weighted by atomic mass is 9.92. The molecular formula is C26H51N3O5. The normalized spacial score (nSPS) is 24.9. The van der Waals surface area contributed by atoms with Crippen LogP contribution >= 0.6 is 0 Å². The van der Waals surface area contributed by atoms with Crippen LogP contribution in [0.5, 0.6) is 0 Å². The van der Waals surface area contributed by atoms with Crippen molar-refractivity contribution in [3.63, 3.8) is 0 Å². The smallest absolute Gasteiger partial charge is 0.219 e. The van der Waals surface area contributed by atoms with Crippen molar-refractivity contribution in [1.29, 1.82) is 0 Å². The van der Waals surface area contributed by atoms with Crippen LogP contribution in [0, 0.1) is 17.8 Å². The number of carbonyl (C=O) groups excluding carboxylic acids is 3. The highest BCUT2D eigenvalue weighted by atomic mass is 16.3. The van der Waals surface area contributed by atoms with Crippen molar-refractivity contribution in [2.45, 2.75) is 86.2 Å². The Kier molecular flexibility index (Phi) is 17.7. The summed E-state index contributed by atoms with van der Waals surface area (Å²) in [6.45, 7) is 17.0. The highest BCUT2D eigenvalue weighted by molar-refractivity contribution is 5.73. The molecule has 0 spiro atoms. The number of nitrogens with zero attached hydrogens (tertiary/aromatic N) is 3. The molecule has 3 saturated heterocycles. The number of β-amino-alcohol motifs (C(OH)–C–C–N with tert-alkyl or cyclic N) is 1. The van der Waals surface area contributed by atoms with E-state index in [0.717, 1.165) is 71.2 Å². The number of hydrogen-bond acceptors (Lipinski definition) is 5. The second-order valence-corrected chi connectivity index (χ2v) is 9.73. The van der Waals surface area contributed by atoms with Gasteiger partial charge in [-0.2, -0.15) is 0 Å². The third-order valence-electron chi connectivity index (χ3n) is 6.49. The Morgan fingerprint density at radius 1 is 0.882 bits per heavy atom. The highest BCUT2D eigenvalue weighted by Gasteiger charge is 2.23. The second kappa shape index (κ2) is 18.6. The predicted molar refractivity (Wildman–Crippen MR) is 136 cm³/mol. The number of carbonyl (C=O) groups is 3. The third kappa shape index (κ3) is 13.9. The number of hydrogen-bond donors (Lipinski definition) is 2. The van der Waals surface area contributed by atoms with Crippen LogP contribution in [-0.2, 0) is 14.4 Å². The van der Waals surface area contributed by atoms with Gasteiger partial charge in [-0.15, -0.1) is 0 Å². The molecule has 0 aromatic carbocycles. The van der Waals surface area contributed by atoms with E-state index in [1.165, 1.54) is 6.42 Å². The number of rotatable bonds is 3. The summed E-state index contributed by atoms with van der Waals surface area (Å²) in [7, 11) is 0. The SMILES string of the molecule is CC.CC(=O)N1CC(C)CC(C)C1.CC(=O)N1CCC(CCO)CC1.O=CN1CCCC(O)C1. The van der Waals surface area contributed by atoms with Crippen LogP contribution in [0.4, 0.5) is 0 Å². The van der Waals surface area contributed by atoms with Gasteiger partial charge in [-0.3, -0.25) is 14.4 Å². The van der Waals surface area contributed by atoms with Crippen molar-refractivity contribution in [3.8, 4) is 0 Å². The minimum Gasteiger partial charge on any atom is -0.396 e. The van der Waals surface area contributed by atoms with Crippen molar-refractivity contribution >= 4 is 18.2 Å². The maximum atomic E-state index is 11.0. The summed E-state index contributed by atoms with van der Waals surface area (Å²) in [4.78, 5) is 37.5. The van der Waals surface area contributed by atoms with Gasteiger partial charge in [0, 0.05) is 59.7 Å². The lowest BCUT2D eigenvalue weighted by Gasteiger charge is -2.34. The van der Waals surface area contributed by atoms with E-state index in [1.807, 2.05) is 23.6 Å². The molecule has 200 valence electrons. The fourth-order valence-electron chi connectivity index (χ4n) is 4.72. The van der Waals surface area contributed by atoms with E-state index < -0.39 is 0 Å². The van der Waals surface area contributed by atoms with E-state index >= 15 is 0 Å². The first-order valence-corrected chi connectivity index (χ1v) is 13.2. The lowest BCUT2D eigenvalue weighted by Crippen LogP contribution is -2.41. The van der Waals surface area contributed by atoms with Crippen molar-refractivity contribution in [1.82, 2.24) is 14.7 Å². The van der Waals surface area contributed by atoms with Gasteiger partial charge >= 0.3 is 0 Å². The second-order valence-electron chi connectivity index (χ2n) is 9.73. The van der Waals surface area contributed by atoms with Gasteiger partial charge in [0.15, 0.2) is 0 Å². The van der Waals surface area contributed by atoms with Gasteiger partial charge in [0.25, 0.3) is 0 Å². The lowest BCUT2D eigenvalue weighted by molar-refractivity contribution is -0.131. The van der Waals surface area contributed by atoms with E-state index in [4.69, 9.17) is 10.2 Å². The summed E-state index contributed by atoms with van der Waals surface area (Å²) >= 11 is 0. The quantitative estimate of drug-likeness (QED) is 0.599. The van der Waals surface area contributed by atoms with Gasteiger partial charge in [-0.05, 0) is 56.3 Å².